The van der Waals surface area contributed by atoms with E-state index in [9.17, 15) is 9.59 Å². The van der Waals surface area contributed by atoms with Gasteiger partial charge in [-0.3, -0.25) is 14.3 Å². The molecule has 1 fully saturated rings. The minimum Gasteiger partial charge on any atom is -0.371 e. The van der Waals surface area contributed by atoms with Gasteiger partial charge < -0.3 is 15.0 Å². The van der Waals surface area contributed by atoms with Gasteiger partial charge in [0.05, 0.1) is 11.6 Å². The van der Waals surface area contributed by atoms with Crippen LogP contribution in [0.15, 0.2) is 35.4 Å². The van der Waals surface area contributed by atoms with Gasteiger partial charge in [-0.25, -0.2) is 0 Å². The van der Waals surface area contributed by atoms with Crippen LogP contribution in [0, 0.1) is 5.92 Å². The van der Waals surface area contributed by atoms with Gasteiger partial charge in [0, 0.05) is 38.2 Å². The quantitative estimate of drug-likeness (QED) is 0.861. The minimum absolute atomic E-state index is 0.0587. The third-order valence-corrected chi connectivity index (χ3v) is 4.08. The number of aryl methyl sites for hydroxylation is 1. The van der Waals surface area contributed by atoms with Crippen LogP contribution in [0.4, 0.5) is 0 Å². The highest BCUT2D eigenvalue weighted by molar-refractivity contribution is 5.79. The summed E-state index contributed by atoms with van der Waals surface area (Å²) in [7, 11) is 0. The summed E-state index contributed by atoms with van der Waals surface area (Å²) in [4.78, 5) is 26.3. The van der Waals surface area contributed by atoms with Crippen LogP contribution < -0.4 is 10.9 Å². The second kappa shape index (κ2) is 6.78. The van der Waals surface area contributed by atoms with Crippen molar-refractivity contribution in [3.63, 3.8) is 0 Å². The molecule has 1 amide bonds. The fraction of sp³-hybridized carbons (Fsp3) is 0.438. The number of nitrogens with one attached hydrogen (secondary N) is 2. The van der Waals surface area contributed by atoms with Crippen molar-refractivity contribution in [2.45, 2.75) is 32.5 Å². The van der Waals surface area contributed by atoms with E-state index in [1.807, 2.05) is 17.7 Å². The Balaban J connectivity index is 1.67. The average molecular weight is 316 g/mol. The summed E-state index contributed by atoms with van der Waals surface area (Å²) >= 11 is 0. The molecule has 122 valence electrons. The molecule has 7 nitrogen and oxygen atoms in total. The lowest BCUT2D eigenvalue weighted by Gasteiger charge is -2.19. The lowest BCUT2D eigenvalue weighted by atomic mass is 9.98. The van der Waals surface area contributed by atoms with Crippen LogP contribution in [0.5, 0.6) is 0 Å². The Morgan fingerprint density at radius 3 is 3.17 bits per heavy atom. The summed E-state index contributed by atoms with van der Waals surface area (Å²) in [6.07, 6.45) is 3.72. The van der Waals surface area contributed by atoms with E-state index in [0.717, 1.165) is 17.8 Å². The molecule has 2 aromatic rings. The molecule has 0 spiro atoms. The highest BCUT2D eigenvalue weighted by atomic mass is 16.5. The summed E-state index contributed by atoms with van der Waals surface area (Å²) < 4.78 is 7.62. The molecule has 2 atom stereocenters. The van der Waals surface area contributed by atoms with Crippen molar-refractivity contribution in [1.82, 2.24) is 20.1 Å². The second-order valence-electron chi connectivity index (χ2n) is 5.54. The topological polar surface area (TPSA) is 89.0 Å². The monoisotopic (exact) mass is 316 g/mol. The maximum Gasteiger partial charge on any atom is 0.248 e. The number of hydrogen-bond donors (Lipinski definition) is 2. The molecule has 0 aliphatic carbocycles. The third kappa shape index (κ3) is 3.34. The van der Waals surface area contributed by atoms with E-state index < -0.39 is 0 Å². The first kappa shape index (κ1) is 15.5. The molecule has 3 rings (SSSR count). The summed E-state index contributed by atoms with van der Waals surface area (Å²) in [5, 5.41) is 7.14. The summed E-state index contributed by atoms with van der Waals surface area (Å²) in [6.45, 7) is 3.64. The van der Waals surface area contributed by atoms with E-state index in [1.54, 1.807) is 18.5 Å². The number of pyridine rings is 1. The van der Waals surface area contributed by atoms with Gasteiger partial charge in [0.2, 0.25) is 11.5 Å². The molecule has 0 radical (unpaired) electrons. The normalized spacial score (nSPS) is 20.6. The molecule has 0 aromatic carbocycles. The molecule has 1 aliphatic rings. The largest absolute Gasteiger partial charge is 0.371 e. The number of hydrogen-bond acceptors (Lipinski definition) is 4. The van der Waals surface area contributed by atoms with E-state index in [-0.39, 0.29) is 23.5 Å². The Bertz CT molecular complexity index is 737. The van der Waals surface area contributed by atoms with Crippen LogP contribution in [0.1, 0.15) is 30.7 Å². The van der Waals surface area contributed by atoms with Crippen molar-refractivity contribution >= 4 is 5.91 Å². The molecule has 0 unspecified atom stereocenters. The van der Waals surface area contributed by atoms with Crippen LogP contribution in [-0.2, 0) is 22.6 Å². The van der Waals surface area contributed by atoms with Crippen molar-refractivity contribution in [1.29, 1.82) is 0 Å². The van der Waals surface area contributed by atoms with E-state index >= 15 is 0 Å². The number of H-pyrrole nitrogens is 1. The van der Waals surface area contributed by atoms with E-state index in [4.69, 9.17) is 4.74 Å². The number of carbonyl (C=O) groups excluding carboxylic acids is 1. The van der Waals surface area contributed by atoms with Crippen molar-refractivity contribution in [3.05, 3.63) is 52.2 Å². The molecule has 3 heterocycles. The van der Waals surface area contributed by atoms with Crippen LogP contribution in [0.2, 0.25) is 0 Å². The van der Waals surface area contributed by atoms with Crippen molar-refractivity contribution in [2.75, 3.05) is 6.61 Å². The number of carbonyl (C=O) groups is 1. The number of amides is 1. The van der Waals surface area contributed by atoms with Crippen LogP contribution in [0.25, 0.3) is 0 Å². The molecule has 7 heteroatoms. The van der Waals surface area contributed by atoms with Gasteiger partial charge in [-0.05, 0) is 31.0 Å². The van der Waals surface area contributed by atoms with Crippen LogP contribution in [-0.4, -0.2) is 27.3 Å². The van der Waals surface area contributed by atoms with Crippen molar-refractivity contribution in [3.8, 4) is 0 Å². The molecular formula is C16H20N4O3. The summed E-state index contributed by atoms with van der Waals surface area (Å²) in [6, 6.07) is 5.15. The van der Waals surface area contributed by atoms with Gasteiger partial charge in [-0.15, -0.1) is 0 Å². The minimum atomic E-state index is -0.267. The first-order valence-electron chi connectivity index (χ1n) is 7.77. The zero-order valence-electron chi connectivity index (χ0n) is 13.0. The Labute approximate surface area is 133 Å². The van der Waals surface area contributed by atoms with Crippen LogP contribution >= 0.6 is 0 Å². The van der Waals surface area contributed by atoms with Crippen molar-refractivity contribution in [2.24, 2.45) is 5.92 Å². The SMILES string of the molecule is CCn1nccc1[C@@H]1OCC[C@H]1C(=O)NCc1cc[nH]c(=O)c1. The Morgan fingerprint density at radius 1 is 1.52 bits per heavy atom. The number of rotatable bonds is 5. The highest BCUT2D eigenvalue weighted by Gasteiger charge is 2.36. The van der Waals surface area contributed by atoms with Gasteiger partial charge in [-0.1, -0.05) is 0 Å². The first-order chi connectivity index (χ1) is 11.2. The molecule has 2 aromatic heterocycles. The Kier molecular flexibility index (Phi) is 4.57. The maximum atomic E-state index is 12.5. The number of aromatic amines is 1. The molecule has 0 bridgehead atoms. The Hall–Kier alpha value is -2.41. The number of ether oxygens (including phenoxy) is 1. The van der Waals surface area contributed by atoms with Crippen molar-refractivity contribution < 1.29 is 9.53 Å². The summed E-state index contributed by atoms with van der Waals surface area (Å²) in [5.41, 5.74) is 1.53. The first-order valence-corrected chi connectivity index (χ1v) is 7.77. The molecule has 23 heavy (non-hydrogen) atoms. The van der Waals surface area contributed by atoms with Gasteiger partial charge >= 0.3 is 0 Å². The van der Waals surface area contributed by atoms with E-state index in [0.29, 0.717) is 19.6 Å². The lowest BCUT2D eigenvalue weighted by molar-refractivity contribution is -0.127. The third-order valence-electron chi connectivity index (χ3n) is 4.08. The molecule has 0 saturated carbocycles. The standard InChI is InChI=1S/C16H20N4O3/c1-2-20-13(4-7-19-20)15-12(5-8-23-15)16(22)18-10-11-3-6-17-14(21)9-11/h3-4,6-7,9,12,15H,2,5,8,10H2,1H3,(H,17,21)(H,18,22)/t12-,15-/m1/s1. The molecule has 2 N–H and O–H groups in total. The smallest absolute Gasteiger partial charge is 0.248 e. The predicted molar refractivity (Wildman–Crippen MR) is 83.6 cm³/mol. The van der Waals surface area contributed by atoms with E-state index in [1.165, 1.54) is 6.07 Å². The predicted octanol–water partition coefficient (Wildman–Crippen LogP) is 0.985. The maximum absolute atomic E-state index is 12.5. The van der Waals surface area contributed by atoms with Gasteiger partial charge in [0.15, 0.2) is 0 Å². The zero-order chi connectivity index (χ0) is 16.2. The fourth-order valence-electron chi connectivity index (χ4n) is 2.92. The van der Waals surface area contributed by atoms with E-state index in [2.05, 4.69) is 15.4 Å². The van der Waals surface area contributed by atoms with Gasteiger partial charge in [-0.2, -0.15) is 5.10 Å². The Morgan fingerprint density at radius 2 is 2.39 bits per heavy atom. The number of aromatic nitrogens is 3. The molecule has 1 aliphatic heterocycles. The number of nitrogens with zero attached hydrogens (tertiary/aromatic N) is 2. The summed E-state index contributed by atoms with van der Waals surface area (Å²) in [5.74, 6) is -0.296. The average Bonchev–Trinajstić information content (AvgIpc) is 3.20. The zero-order valence-corrected chi connectivity index (χ0v) is 13.0. The highest BCUT2D eigenvalue weighted by Crippen LogP contribution is 2.34. The second-order valence-corrected chi connectivity index (χ2v) is 5.54. The fourth-order valence-corrected chi connectivity index (χ4v) is 2.92. The van der Waals surface area contributed by atoms with Crippen LogP contribution in [0.3, 0.4) is 0 Å². The molecule has 1 saturated heterocycles. The molecular weight excluding hydrogens is 296 g/mol. The van der Waals surface area contributed by atoms with Gasteiger partial charge in [0.25, 0.3) is 0 Å². The lowest BCUT2D eigenvalue weighted by Crippen LogP contribution is -2.32. The van der Waals surface area contributed by atoms with Gasteiger partial charge in [0.1, 0.15) is 6.10 Å².